The van der Waals surface area contributed by atoms with Crippen LogP contribution in [0, 0.1) is 11.7 Å². The van der Waals surface area contributed by atoms with Crippen LogP contribution >= 0.6 is 0 Å². The maximum Gasteiger partial charge on any atom is 0.234 e. The molecule has 0 bridgehead atoms. The maximum atomic E-state index is 13.3. The highest BCUT2D eigenvalue weighted by Gasteiger charge is 2.23. The number of amides is 1. The third kappa shape index (κ3) is 4.44. The van der Waals surface area contributed by atoms with Crippen molar-refractivity contribution in [1.29, 1.82) is 0 Å². The van der Waals surface area contributed by atoms with Crippen LogP contribution in [0.5, 0.6) is 0 Å². The number of piperidine rings is 1. The average molecular weight is 305 g/mol. The lowest BCUT2D eigenvalue weighted by molar-refractivity contribution is -0.121. The number of carbonyl (C=O) groups is 1. The topological polar surface area (TPSA) is 44.4 Å². The van der Waals surface area contributed by atoms with E-state index in [4.69, 9.17) is 0 Å². The summed E-state index contributed by atoms with van der Waals surface area (Å²) < 4.78 is 13.3. The summed E-state index contributed by atoms with van der Waals surface area (Å²) in [5, 5.41) is 6.30. The van der Waals surface area contributed by atoms with Crippen LogP contribution in [0.15, 0.2) is 24.3 Å². The molecule has 1 saturated heterocycles. The van der Waals surface area contributed by atoms with Gasteiger partial charge in [0.1, 0.15) is 5.82 Å². The number of hydrogen-bond donors (Lipinski definition) is 2. The Kier molecular flexibility index (Phi) is 4.93. The fourth-order valence-electron chi connectivity index (χ4n) is 2.99. The Labute approximate surface area is 131 Å². The average Bonchev–Trinajstić information content (AvgIpc) is 3.32. The maximum absolute atomic E-state index is 13.3. The lowest BCUT2D eigenvalue weighted by Gasteiger charge is -2.34. The minimum atomic E-state index is -0.215. The van der Waals surface area contributed by atoms with Crippen LogP contribution in [0.1, 0.15) is 25.7 Å². The highest BCUT2D eigenvalue weighted by atomic mass is 19.1. The molecule has 2 fully saturated rings. The van der Waals surface area contributed by atoms with Gasteiger partial charge in [-0.15, -0.1) is 0 Å². The van der Waals surface area contributed by atoms with E-state index in [1.807, 2.05) is 6.07 Å². The summed E-state index contributed by atoms with van der Waals surface area (Å²) in [6, 6.07) is 6.81. The van der Waals surface area contributed by atoms with Gasteiger partial charge in [-0.1, -0.05) is 6.07 Å². The van der Waals surface area contributed by atoms with Crippen molar-refractivity contribution in [3.8, 4) is 0 Å². The second kappa shape index (κ2) is 7.09. The van der Waals surface area contributed by atoms with Crippen LogP contribution in [0.4, 0.5) is 10.1 Å². The predicted octanol–water partition coefficient (Wildman–Crippen LogP) is 1.91. The van der Waals surface area contributed by atoms with Crippen LogP contribution < -0.4 is 15.5 Å². The van der Waals surface area contributed by atoms with E-state index in [0.717, 1.165) is 44.1 Å². The number of nitrogens with one attached hydrogen (secondary N) is 2. The molecule has 1 aromatic carbocycles. The third-order valence-electron chi connectivity index (χ3n) is 4.38. The van der Waals surface area contributed by atoms with Gasteiger partial charge >= 0.3 is 0 Å². The van der Waals surface area contributed by atoms with E-state index in [0.29, 0.717) is 6.54 Å². The Morgan fingerprint density at radius 2 is 2.18 bits per heavy atom. The van der Waals surface area contributed by atoms with Gasteiger partial charge in [0, 0.05) is 24.8 Å². The second-order valence-corrected chi connectivity index (χ2v) is 6.41. The Morgan fingerprint density at radius 3 is 2.95 bits per heavy atom. The summed E-state index contributed by atoms with van der Waals surface area (Å²) in [6.07, 6.45) is 4.58. The first-order valence-corrected chi connectivity index (χ1v) is 8.21. The van der Waals surface area contributed by atoms with Gasteiger partial charge < -0.3 is 15.5 Å². The number of rotatable bonds is 6. The van der Waals surface area contributed by atoms with Crippen molar-refractivity contribution in [1.82, 2.24) is 10.6 Å². The van der Waals surface area contributed by atoms with E-state index in [2.05, 4.69) is 15.5 Å². The van der Waals surface area contributed by atoms with Gasteiger partial charge in [0.25, 0.3) is 0 Å². The molecule has 1 unspecified atom stereocenters. The number of hydrogen-bond acceptors (Lipinski definition) is 3. The summed E-state index contributed by atoms with van der Waals surface area (Å²) in [4.78, 5) is 14.1. The molecule has 22 heavy (non-hydrogen) atoms. The molecular formula is C17H24FN3O. The van der Waals surface area contributed by atoms with Gasteiger partial charge in [-0.25, -0.2) is 4.39 Å². The molecule has 3 rings (SSSR count). The van der Waals surface area contributed by atoms with E-state index < -0.39 is 0 Å². The summed E-state index contributed by atoms with van der Waals surface area (Å²) in [5.41, 5.74) is 0.894. The molecule has 0 aromatic heterocycles. The molecule has 1 amide bonds. The molecule has 1 aliphatic carbocycles. The van der Waals surface area contributed by atoms with Crippen LogP contribution in [-0.2, 0) is 4.79 Å². The smallest absolute Gasteiger partial charge is 0.234 e. The van der Waals surface area contributed by atoms with E-state index in [1.54, 1.807) is 12.1 Å². The number of nitrogens with zero attached hydrogens (tertiary/aromatic N) is 1. The summed E-state index contributed by atoms with van der Waals surface area (Å²) in [6.45, 7) is 3.01. The molecule has 2 aliphatic rings. The Bertz CT molecular complexity index is 518. The lowest BCUT2D eigenvalue weighted by atomic mass is 10.0. The molecule has 0 spiro atoms. The fourth-order valence-corrected chi connectivity index (χ4v) is 2.99. The molecule has 5 heteroatoms. The molecule has 4 nitrogen and oxygen atoms in total. The van der Waals surface area contributed by atoms with E-state index in [1.165, 1.54) is 18.9 Å². The largest absolute Gasteiger partial charge is 0.369 e. The minimum absolute atomic E-state index is 0.0618. The van der Waals surface area contributed by atoms with Crippen molar-refractivity contribution >= 4 is 11.6 Å². The van der Waals surface area contributed by atoms with Crippen molar-refractivity contribution in [2.24, 2.45) is 5.92 Å². The lowest BCUT2D eigenvalue weighted by Crippen LogP contribution is -2.49. The van der Waals surface area contributed by atoms with Gasteiger partial charge in [0.05, 0.1) is 6.54 Å². The molecule has 0 radical (unpaired) electrons. The third-order valence-corrected chi connectivity index (χ3v) is 4.38. The van der Waals surface area contributed by atoms with Crippen molar-refractivity contribution in [3.63, 3.8) is 0 Å². The second-order valence-electron chi connectivity index (χ2n) is 6.41. The fraction of sp³-hybridized carbons (Fsp3) is 0.588. The first-order valence-electron chi connectivity index (χ1n) is 8.21. The van der Waals surface area contributed by atoms with E-state index in [9.17, 15) is 9.18 Å². The summed E-state index contributed by atoms with van der Waals surface area (Å²) in [5.74, 6) is 0.630. The zero-order valence-corrected chi connectivity index (χ0v) is 12.9. The molecule has 1 aromatic rings. The van der Waals surface area contributed by atoms with E-state index >= 15 is 0 Å². The Morgan fingerprint density at radius 1 is 1.32 bits per heavy atom. The SMILES string of the molecule is O=C(CNCC1CC1)NC1CCCN(c2cccc(F)c2)C1. The number of anilines is 1. The monoisotopic (exact) mass is 305 g/mol. The van der Waals surface area contributed by atoms with Gasteiger partial charge in [-0.05, 0) is 56.3 Å². The van der Waals surface area contributed by atoms with Gasteiger partial charge in [0.2, 0.25) is 5.91 Å². The molecule has 120 valence electrons. The normalized spacial score (nSPS) is 21.7. The van der Waals surface area contributed by atoms with Crippen LogP contribution in [0.2, 0.25) is 0 Å². The zero-order valence-electron chi connectivity index (χ0n) is 12.9. The summed E-state index contributed by atoms with van der Waals surface area (Å²) in [7, 11) is 0. The molecule has 1 aliphatic heterocycles. The van der Waals surface area contributed by atoms with Crippen molar-refractivity contribution in [2.45, 2.75) is 31.7 Å². The Balaban J connectivity index is 1.46. The minimum Gasteiger partial charge on any atom is -0.369 e. The van der Waals surface area contributed by atoms with Crippen LogP contribution in [0.3, 0.4) is 0 Å². The highest BCUT2D eigenvalue weighted by molar-refractivity contribution is 5.78. The number of carbonyl (C=O) groups excluding carboxylic acids is 1. The van der Waals surface area contributed by atoms with Crippen LogP contribution in [-0.4, -0.2) is 38.1 Å². The predicted molar refractivity (Wildman–Crippen MR) is 85.4 cm³/mol. The number of halogens is 1. The van der Waals surface area contributed by atoms with Crippen molar-refractivity contribution in [3.05, 3.63) is 30.1 Å². The molecule has 2 N–H and O–H groups in total. The van der Waals surface area contributed by atoms with E-state index in [-0.39, 0.29) is 17.8 Å². The van der Waals surface area contributed by atoms with Crippen molar-refractivity contribution in [2.75, 3.05) is 31.1 Å². The Hall–Kier alpha value is -1.62. The van der Waals surface area contributed by atoms with Gasteiger partial charge in [-0.2, -0.15) is 0 Å². The number of benzene rings is 1. The van der Waals surface area contributed by atoms with Crippen LogP contribution in [0.25, 0.3) is 0 Å². The first-order chi connectivity index (χ1) is 10.7. The summed E-state index contributed by atoms with van der Waals surface area (Å²) >= 11 is 0. The zero-order chi connectivity index (χ0) is 15.4. The molecule has 1 saturated carbocycles. The first kappa shape index (κ1) is 15.3. The quantitative estimate of drug-likeness (QED) is 0.844. The molecular weight excluding hydrogens is 281 g/mol. The molecule has 1 heterocycles. The standard InChI is InChI=1S/C17H24FN3O/c18-14-3-1-5-16(9-14)21-8-2-4-15(12-21)20-17(22)11-19-10-13-6-7-13/h1,3,5,9,13,15,19H,2,4,6-8,10-12H2,(H,20,22). The van der Waals surface area contributed by atoms with Gasteiger partial charge in [-0.3, -0.25) is 4.79 Å². The van der Waals surface area contributed by atoms with Gasteiger partial charge in [0.15, 0.2) is 0 Å². The molecule has 1 atom stereocenters. The van der Waals surface area contributed by atoms with Crippen molar-refractivity contribution < 1.29 is 9.18 Å². The highest BCUT2D eigenvalue weighted by Crippen LogP contribution is 2.27.